The lowest BCUT2D eigenvalue weighted by Crippen LogP contribution is -2.55. The van der Waals surface area contributed by atoms with E-state index in [1.165, 1.54) is 14.2 Å². The molecule has 0 amide bonds. The van der Waals surface area contributed by atoms with Crippen molar-refractivity contribution in [1.29, 1.82) is 0 Å². The van der Waals surface area contributed by atoms with Crippen LogP contribution < -0.4 is 0 Å². The molecule has 1 saturated heterocycles. The second-order valence-electron chi connectivity index (χ2n) is 6.23. The fourth-order valence-electron chi connectivity index (χ4n) is 4.26. The highest BCUT2D eigenvalue weighted by molar-refractivity contribution is 8.21. The van der Waals surface area contributed by atoms with Crippen LogP contribution in [0.1, 0.15) is 19.3 Å². The third kappa shape index (κ3) is 2.50. The van der Waals surface area contributed by atoms with E-state index in [1.54, 1.807) is 0 Å². The van der Waals surface area contributed by atoms with E-state index in [0.29, 0.717) is 12.8 Å². The normalized spacial score (nSPS) is 38.0. The molecular formula is C15H22O5S2. The van der Waals surface area contributed by atoms with E-state index in [0.717, 1.165) is 17.9 Å². The van der Waals surface area contributed by atoms with Gasteiger partial charge in [-0.2, -0.15) is 0 Å². The molecule has 0 aromatic carbocycles. The van der Waals surface area contributed by atoms with Crippen molar-refractivity contribution in [1.82, 2.24) is 0 Å². The lowest BCUT2D eigenvalue weighted by atomic mass is 9.63. The van der Waals surface area contributed by atoms with Crippen LogP contribution in [0.15, 0.2) is 0 Å². The van der Waals surface area contributed by atoms with Crippen molar-refractivity contribution in [2.24, 2.45) is 23.7 Å². The number of carbonyl (C=O) groups is 2. The summed E-state index contributed by atoms with van der Waals surface area (Å²) in [5, 5.41) is 10.0. The Morgan fingerprint density at radius 2 is 1.95 bits per heavy atom. The Kier molecular flexibility index (Phi) is 4.79. The van der Waals surface area contributed by atoms with Crippen molar-refractivity contribution in [3.8, 4) is 0 Å². The Labute approximate surface area is 138 Å². The standard InChI is InChI=1S/C15H22O5S2/c1-19-13(17)10-7-9-5-8(12(10)16)6-11(14(18)20-2)15(9)21-3-4-22-15/h8-11,13,17H,3-7H2,1-2H3/t8-,9+,10+,11+,13+/m1/s1. The highest BCUT2D eigenvalue weighted by atomic mass is 32.2. The van der Waals surface area contributed by atoms with Crippen LogP contribution in [0, 0.1) is 23.7 Å². The summed E-state index contributed by atoms with van der Waals surface area (Å²) >= 11 is 3.67. The highest BCUT2D eigenvalue weighted by Crippen LogP contribution is 2.63. The fraction of sp³-hybridized carbons (Fsp3) is 0.867. The van der Waals surface area contributed by atoms with Gasteiger partial charge in [-0.1, -0.05) is 0 Å². The van der Waals surface area contributed by atoms with Gasteiger partial charge in [0.05, 0.1) is 23.0 Å². The number of ether oxygens (including phenoxy) is 2. The SMILES string of the molecule is COC(=O)[C@@H]1C[C@H]2C[C@@H](C[C@H]([C@@H](O)OC)C2=O)C12SCCS2. The van der Waals surface area contributed by atoms with Gasteiger partial charge >= 0.3 is 5.97 Å². The van der Waals surface area contributed by atoms with Gasteiger partial charge in [-0.05, 0) is 25.2 Å². The van der Waals surface area contributed by atoms with Gasteiger partial charge in [0.15, 0.2) is 6.29 Å². The first-order valence-corrected chi connectivity index (χ1v) is 9.61. The largest absolute Gasteiger partial charge is 0.469 e. The van der Waals surface area contributed by atoms with E-state index in [1.807, 2.05) is 23.5 Å². The molecule has 5 nitrogen and oxygen atoms in total. The number of rotatable bonds is 3. The molecule has 2 aliphatic carbocycles. The number of esters is 1. The molecule has 1 aliphatic heterocycles. The van der Waals surface area contributed by atoms with Crippen LogP contribution in [0.4, 0.5) is 0 Å². The molecule has 3 aliphatic rings. The minimum atomic E-state index is -1.04. The molecule has 1 N–H and O–H groups in total. The topological polar surface area (TPSA) is 72.8 Å². The number of aliphatic hydroxyl groups excluding tert-OH is 1. The van der Waals surface area contributed by atoms with Crippen LogP contribution in [0.2, 0.25) is 0 Å². The van der Waals surface area contributed by atoms with Gasteiger partial charge in [-0.25, -0.2) is 0 Å². The van der Waals surface area contributed by atoms with Crippen LogP contribution in [0.25, 0.3) is 0 Å². The maximum Gasteiger partial charge on any atom is 0.310 e. The third-order valence-electron chi connectivity index (χ3n) is 5.26. The Morgan fingerprint density at radius 3 is 2.55 bits per heavy atom. The van der Waals surface area contributed by atoms with Gasteiger partial charge in [-0.3, -0.25) is 9.59 Å². The maximum absolute atomic E-state index is 12.6. The number of hydrogen-bond donors (Lipinski definition) is 1. The summed E-state index contributed by atoms with van der Waals surface area (Å²) in [5.41, 5.74) is 0. The van der Waals surface area contributed by atoms with Gasteiger partial charge in [0.25, 0.3) is 0 Å². The summed E-state index contributed by atoms with van der Waals surface area (Å²) in [5.74, 6) is 1.26. The molecule has 0 aromatic rings. The molecule has 0 aromatic heterocycles. The number of thioether (sulfide) groups is 2. The zero-order chi connectivity index (χ0) is 15.9. The lowest BCUT2D eigenvalue weighted by Gasteiger charge is -2.51. The zero-order valence-corrected chi connectivity index (χ0v) is 14.5. The predicted octanol–water partition coefficient (Wildman–Crippen LogP) is 1.53. The van der Waals surface area contributed by atoms with Crippen molar-refractivity contribution in [3.05, 3.63) is 0 Å². The summed E-state index contributed by atoms with van der Waals surface area (Å²) < 4.78 is 9.82. The predicted molar refractivity (Wildman–Crippen MR) is 85.5 cm³/mol. The van der Waals surface area contributed by atoms with Crippen molar-refractivity contribution < 1.29 is 24.2 Å². The second kappa shape index (κ2) is 6.34. The molecule has 3 fully saturated rings. The lowest BCUT2D eigenvalue weighted by molar-refractivity contribution is -0.164. The average molecular weight is 346 g/mol. The van der Waals surface area contributed by atoms with E-state index in [4.69, 9.17) is 9.47 Å². The quantitative estimate of drug-likeness (QED) is 0.614. The molecular weight excluding hydrogens is 324 g/mol. The molecule has 2 bridgehead atoms. The monoisotopic (exact) mass is 346 g/mol. The second-order valence-corrected chi connectivity index (χ2v) is 9.23. The van der Waals surface area contributed by atoms with Gasteiger partial charge in [0.2, 0.25) is 0 Å². The van der Waals surface area contributed by atoms with Crippen molar-refractivity contribution in [3.63, 3.8) is 0 Å². The fourth-order valence-corrected chi connectivity index (χ4v) is 8.04. The molecule has 0 radical (unpaired) electrons. The molecule has 0 unspecified atom stereocenters. The molecule has 7 heteroatoms. The zero-order valence-electron chi connectivity index (χ0n) is 12.8. The minimum Gasteiger partial charge on any atom is -0.469 e. The van der Waals surface area contributed by atoms with Crippen molar-refractivity contribution in [2.75, 3.05) is 25.7 Å². The van der Waals surface area contributed by atoms with E-state index in [2.05, 4.69) is 0 Å². The van der Waals surface area contributed by atoms with Gasteiger partial charge < -0.3 is 14.6 Å². The molecule has 1 heterocycles. The van der Waals surface area contributed by atoms with Gasteiger partial charge in [0.1, 0.15) is 5.78 Å². The van der Waals surface area contributed by atoms with Crippen LogP contribution in [0.5, 0.6) is 0 Å². The first kappa shape index (κ1) is 16.6. The number of Topliss-reactive ketones (excluding diaryl/α,β-unsaturated/α-hetero) is 1. The van der Waals surface area contributed by atoms with Crippen LogP contribution >= 0.6 is 23.5 Å². The van der Waals surface area contributed by atoms with Crippen LogP contribution in [0.3, 0.4) is 0 Å². The molecule has 3 rings (SSSR count). The number of hydrogen-bond acceptors (Lipinski definition) is 7. The smallest absolute Gasteiger partial charge is 0.310 e. The summed E-state index contributed by atoms with van der Waals surface area (Å²) in [6.07, 6.45) is 0.910. The maximum atomic E-state index is 12.6. The number of methoxy groups -OCH3 is 2. The Morgan fingerprint density at radius 1 is 1.27 bits per heavy atom. The Hall–Kier alpha value is -0.240. The summed E-state index contributed by atoms with van der Waals surface area (Å²) in [6.45, 7) is 0. The minimum absolute atomic E-state index is 0.0438. The molecule has 124 valence electrons. The first-order chi connectivity index (χ1) is 10.5. The highest BCUT2D eigenvalue weighted by Gasteiger charge is 2.60. The molecule has 1 spiro atoms. The van der Waals surface area contributed by atoms with Crippen molar-refractivity contribution in [2.45, 2.75) is 29.6 Å². The Bertz CT molecular complexity index is 463. The summed E-state index contributed by atoms with van der Waals surface area (Å²) in [7, 11) is 2.85. The van der Waals surface area contributed by atoms with Crippen LogP contribution in [-0.2, 0) is 19.1 Å². The number of aliphatic hydroxyl groups is 1. The van der Waals surface area contributed by atoms with E-state index < -0.39 is 12.2 Å². The molecule has 22 heavy (non-hydrogen) atoms. The van der Waals surface area contributed by atoms with E-state index in [-0.39, 0.29) is 33.6 Å². The summed E-state index contributed by atoms with van der Waals surface area (Å²) in [4.78, 5) is 24.9. The third-order valence-corrected chi connectivity index (χ3v) is 9.18. The van der Waals surface area contributed by atoms with E-state index in [9.17, 15) is 14.7 Å². The van der Waals surface area contributed by atoms with Gasteiger partial charge in [-0.15, -0.1) is 23.5 Å². The number of fused-ring (bicyclic) bond motifs is 3. The average Bonchev–Trinajstić information content (AvgIpc) is 3.02. The number of ketones is 1. The van der Waals surface area contributed by atoms with Crippen LogP contribution in [-0.4, -0.2) is 53.0 Å². The van der Waals surface area contributed by atoms with Crippen molar-refractivity contribution >= 4 is 35.3 Å². The number of carbonyl (C=O) groups excluding carboxylic acids is 2. The molecule has 5 atom stereocenters. The first-order valence-electron chi connectivity index (χ1n) is 7.63. The van der Waals surface area contributed by atoms with E-state index >= 15 is 0 Å². The Balaban J connectivity index is 1.92. The summed E-state index contributed by atoms with van der Waals surface area (Å²) in [6, 6.07) is 0. The van der Waals surface area contributed by atoms with Gasteiger partial charge in [0, 0.05) is 24.5 Å². The molecule has 2 saturated carbocycles.